The lowest BCUT2D eigenvalue weighted by atomic mass is 10.1. The number of nitriles is 1. The summed E-state index contributed by atoms with van der Waals surface area (Å²) in [5.74, 6) is -0.0150. The van der Waals surface area contributed by atoms with Crippen molar-refractivity contribution in [2.45, 2.75) is 13.5 Å². The Morgan fingerprint density at radius 2 is 1.94 bits per heavy atom. The standard InChI is InChI=1S/C25H20BrFN2O3/c1-16-5-3-8-21(9-16)29-25(30)19(14-28)11-18-12-23(31-2)24(13-22(18)26)32-15-17-6-4-7-20(27)10-17/h3-13H,15H2,1-2H3,(H,29,30)/b19-11-. The minimum Gasteiger partial charge on any atom is -0.493 e. The lowest BCUT2D eigenvalue weighted by Gasteiger charge is -2.13. The molecule has 0 saturated heterocycles. The second-order valence-corrected chi connectivity index (χ2v) is 7.79. The molecular weight excluding hydrogens is 475 g/mol. The second kappa shape index (κ2) is 10.6. The maximum atomic E-state index is 13.4. The first kappa shape index (κ1) is 23.0. The predicted molar refractivity (Wildman–Crippen MR) is 125 cm³/mol. The Hall–Kier alpha value is -3.63. The predicted octanol–water partition coefficient (Wildman–Crippen LogP) is 6.03. The fourth-order valence-electron chi connectivity index (χ4n) is 2.95. The molecule has 0 aliphatic carbocycles. The number of rotatable bonds is 7. The van der Waals surface area contributed by atoms with E-state index in [0.29, 0.717) is 32.8 Å². The number of nitrogens with zero attached hydrogens (tertiary/aromatic N) is 1. The summed E-state index contributed by atoms with van der Waals surface area (Å²) in [5.41, 5.74) is 2.77. The molecule has 3 aromatic carbocycles. The zero-order chi connectivity index (χ0) is 23.1. The van der Waals surface area contributed by atoms with Gasteiger partial charge in [0, 0.05) is 10.2 Å². The Kier molecular flexibility index (Phi) is 7.63. The first-order valence-electron chi connectivity index (χ1n) is 9.64. The number of nitrogens with one attached hydrogen (secondary N) is 1. The highest BCUT2D eigenvalue weighted by molar-refractivity contribution is 9.10. The molecule has 1 N–H and O–H groups in total. The molecule has 0 unspecified atom stereocenters. The maximum Gasteiger partial charge on any atom is 0.266 e. The Morgan fingerprint density at radius 3 is 2.62 bits per heavy atom. The third-order valence-electron chi connectivity index (χ3n) is 4.51. The number of anilines is 1. The largest absolute Gasteiger partial charge is 0.493 e. The van der Waals surface area contributed by atoms with Crippen LogP contribution in [0.5, 0.6) is 11.5 Å². The molecule has 0 aliphatic rings. The third-order valence-corrected chi connectivity index (χ3v) is 5.19. The summed E-state index contributed by atoms with van der Waals surface area (Å²) in [7, 11) is 1.49. The number of methoxy groups -OCH3 is 1. The average molecular weight is 495 g/mol. The Balaban J connectivity index is 1.82. The van der Waals surface area contributed by atoms with E-state index in [-0.39, 0.29) is 18.0 Å². The molecule has 5 nitrogen and oxygen atoms in total. The van der Waals surface area contributed by atoms with Gasteiger partial charge in [0.25, 0.3) is 5.91 Å². The third kappa shape index (κ3) is 5.96. The van der Waals surface area contributed by atoms with Crippen LogP contribution < -0.4 is 14.8 Å². The average Bonchev–Trinajstić information content (AvgIpc) is 2.77. The topological polar surface area (TPSA) is 71.3 Å². The molecule has 0 bridgehead atoms. The van der Waals surface area contributed by atoms with Gasteiger partial charge in [-0.3, -0.25) is 4.79 Å². The van der Waals surface area contributed by atoms with E-state index in [4.69, 9.17) is 9.47 Å². The normalized spacial score (nSPS) is 10.9. The number of ether oxygens (including phenoxy) is 2. The van der Waals surface area contributed by atoms with Gasteiger partial charge in [-0.1, -0.05) is 40.2 Å². The molecule has 0 spiro atoms. The summed E-state index contributed by atoms with van der Waals surface area (Å²) in [6.45, 7) is 2.07. The molecule has 0 heterocycles. The summed E-state index contributed by atoms with van der Waals surface area (Å²) >= 11 is 3.45. The molecule has 32 heavy (non-hydrogen) atoms. The van der Waals surface area contributed by atoms with Crippen LogP contribution in [0.25, 0.3) is 6.08 Å². The molecule has 1 amide bonds. The van der Waals surface area contributed by atoms with Crippen LogP contribution in [0.3, 0.4) is 0 Å². The Morgan fingerprint density at radius 1 is 1.16 bits per heavy atom. The number of halogens is 2. The van der Waals surface area contributed by atoms with E-state index in [2.05, 4.69) is 21.2 Å². The number of benzene rings is 3. The van der Waals surface area contributed by atoms with Gasteiger partial charge in [-0.25, -0.2) is 4.39 Å². The molecule has 3 aromatic rings. The first-order valence-corrected chi connectivity index (χ1v) is 10.4. The van der Waals surface area contributed by atoms with Crippen molar-refractivity contribution in [1.82, 2.24) is 0 Å². The highest BCUT2D eigenvalue weighted by atomic mass is 79.9. The van der Waals surface area contributed by atoms with Gasteiger partial charge in [0.05, 0.1) is 7.11 Å². The maximum absolute atomic E-state index is 13.4. The van der Waals surface area contributed by atoms with E-state index in [1.807, 2.05) is 31.2 Å². The zero-order valence-electron chi connectivity index (χ0n) is 17.5. The van der Waals surface area contributed by atoms with E-state index in [9.17, 15) is 14.4 Å². The van der Waals surface area contributed by atoms with Gasteiger partial charge in [-0.2, -0.15) is 5.26 Å². The van der Waals surface area contributed by atoms with Crippen LogP contribution in [0, 0.1) is 24.1 Å². The molecule has 7 heteroatoms. The highest BCUT2D eigenvalue weighted by Crippen LogP contribution is 2.35. The van der Waals surface area contributed by atoms with Crippen LogP contribution in [0.4, 0.5) is 10.1 Å². The first-order chi connectivity index (χ1) is 15.4. The number of carbonyl (C=O) groups excluding carboxylic acids is 1. The molecule has 0 fully saturated rings. The van der Waals surface area contributed by atoms with Gasteiger partial charge >= 0.3 is 0 Å². The lowest BCUT2D eigenvalue weighted by Crippen LogP contribution is -2.13. The van der Waals surface area contributed by atoms with Crippen LogP contribution >= 0.6 is 15.9 Å². The van der Waals surface area contributed by atoms with E-state index >= 15 is 0 Å². The summed E-state index contributed by atoms with van der Waals surface area (Å²) in [6.07, 6.45) is 1.47. The zero-order valence-corrected chi connectivity index (χ0v) is 19.1. The van der Waals surface area contributed by atoms with Crippen molar-refractivity contribution in [3.05, 3.63) is 93.2 Å². The summed E-state index contributed by atoms with van der Waals surface area (Å²) in [4.78, 5) is 12.6. The summed E-state index contributed by atoms with van der Waals surface area (Å²) in [6, 6.07) is 18.7. The van der Waals surface area contributed by atoms with Crippen LogP contribution in [-0.2, 0) is 11.4 Å². The van der Waals surface area contributed by atoms with Crippen molar-refractivity contribution >= 4 is 33.6 Å². The number of aryl methyl sites for hydroxylation is 1. The van der Waals surface area contributed by atoms with Crippen molar-refractivity contribution in [3.8, 4) is 17.6 Å². The van der Waals surface area contributed by atoms with Crippen LogP contribution in [0.1, 0.15) is 16.7 Å². The minimum atomic E-state index is -0.518. The molecule has 0 aliphatic heterocycles. The van der Waals surface area contributed by atoms with E-state index < -0.39 is 5.91 Å². The van der Waals surface area contributed by atoms with Gasteiger partial charge < -0.3 is 14.8 Å². The summed E-state index contributed by atoms with van der Waals surface area (Å²) in [5, 5.41) is 12.2. The number of hydrogen-bond donors (Lipinski definition) is 1. The minimum absolute atomic E-state index is 0.0670. The Bertz CT molecular complexity index is 1220. The Labute approximate surface area is 194 Å². The number of hydrogen-bond acceptors (Lipinski definition) is 4. The lowest BCUT2D eigenvalue weighted by molar-refractivity contribution is -0.112. The van der Waals surface area contributed by atoms with Gasteiger partial charge in [-0.05, 0) is 66.1 Å². The van der Waals surface area contributed by atoms with E-state index in [1.165, 1.54) is 25.3 Å². The van der Waals surface area contributed by atoms with Crippen molar-refractivity contribution in [2.24, 2.45) is 0 Å². The van der Waals surface area contributed by atoms with Crippen LogP contribution in [0.15, 0.2) is 70.7 Å². The van der Waals surface area contributed by atoms with Crippen LogP contribution in [0.2, 0.25) is 0 Å². The van der Waals surface area contributed by atoms with Gasteiger partial charge in [0.1, 0.15) is 24.1 Å². The molecule has 3 rings (SSSR count). The van der Waals surface area contributed by atoms with Gasteiger partial charge in [0.2, 0.25) is 0 Å². The quantitative estimate of drug-likeness (QED) is 0.321. The van der Waals surface area contributed by atoms with Crippen molar-refractivity contribution in [3.63, 3.8) is 0 Å². The van der Waals surface area contributed by atoms with Gasteiger partial charge in [0.15, 0.2) is 11.5 Å². The number of amides is 1. The molecule has 0 saturated carbocycles. The molecular formula is C25H20BrFN2O3. The molecule has 0 radical (unpaired) electrons. The summed E-state index contributed by atoms with van der Waals surface area (Å²) < 4.78 is 25.2. The SMILES string of the molecule is COc1cc(/C=C(/C#N)C(=O)Nc2cccc(C)c2)c(Br)cc1OCc1cccc(F)c1. The van der Waals surface area contributed by atoms with Crippen molar-refractivity contribution in [1.29, 1.82) is 5.26 Å². The smallest absolute Gasteiger partial charge is 0.266 e. The number of carbonyl (C=O) groups is 1. The van der Waals surface area contributed by atoms with E-state index in [1.54, 1.807) is 30.3 Å². The molecule has 0 aromatic heterocycles. The van der Waals surface area contributed by atoms with Crippen molar-refractivity contribution < 1.29 is 18.7 Å². The van der Waals surface area contributed by atoms with Gasteiger partial charge in [-0.15, -0.1) is 0 Å². The fourth-order valence-corrected chi connectivity index (χ4v) is 3.38. The monoisotopic (exact) mass is 494 g/mol. The van der Waals surface area contributed by atoms with Crippen LogP contribution in [-0.4, -0.2) is 13.0 Å². The van der Waals surface area contributed by atoms with E-state index in [0.717, 1.165) is 5.56 Å². The second-order valence-electron chi connectivity index (χ2n) is 6.94. The fraction of sp³-hybridized carbons (Fsp3) is 0.120. The van der Waals surface area contributed by atoms with Crippen molar-refractivity contribution in [2.75, 3.05) is 12.4 Å². The highest BCUT2D eigenvalue weighted by Gasteiger charge is 2.14. The molecule has 162 valence electrons. The molecule has 0 atom stereocenters.